The molecule has 0 saturated carbocycles. The van der Waals surface area contributed by atoms with Gasteiger partial charge in [0.15, 0.2) is 0 Å². The van der Waals surface area contributed by atoms with Gasteiger partial charge in [-0.1, -0.05) is 20.8 Å². The number of halogens is 1. The Bertz CT molecular complexity index is 399. The highest BCUT2D eigenvalue weighted by molar-refractivity contribution is 9.10. The summed E-state index contributed by atoms with van der Waals surface area (Å²) in [5.74, 6) is 0.975. The van der Waals surface area contributed by atoms with Crippen LogP contribution in [0.1, 0.15) is 20.8 Å². The fourth-order valence-electron chi connectivity index (χ4n) is 1.12. The van der Waals surface area contributed by atoms with Crippen molar-refractivity contribution in [2.24, 2.45) is 0 Å². The summed E-state index contributed by atoms with van der Waals surface area (Å²) in [6, 6.07) is 6.29. The van der Waals surface area contributed by atoms with E-state index in [4.69, 9.17) is 4.43 Å². The molecule has 0 aromatic heterocycles. The van der Waals surface area contributed by atoms with Crippen molar-refractivity contribution in [2.75, 3.05) is 6.26 Å². The Balaban J connectivity index is 3.02. The molecular weight excluding hydrogens is 312 g/mol. The lowest BCUT2D eigenvalue weighted by molar-refractivity contribution is 0.489. The van der Waals surface area contributed by atoms with Gasteiger partial charge in [-0.25, -0.2) is 0 Å². The number of rotatable bonds is 3. The standard InChI is InChI=1S/C13H21BrOSSi/c1-13(2,3)17(5,6)15-12-9-10(16-4)7-8-11(12)14/h7-9H,1-6H3. The first-order valence-corrected chi connectivity index (χ1v) is 10.6. The predicted octanol–water partition coefficient (Wildman–Crippen LogP) is 5.56. The topological polar surface area (TPSA) is 9.23 Å². The van der Waals surface area contributed by atoms with Crippen LogP contribution in [0.25, 0.3) is 0 Å². The van der Waals surface area contributed by atoms with E-state index >= 15 is 0 Å². The van der Waals surface area contributed by atoms with E-state index in [-0.39, 0.29) is 5.04 Å². The minimum Gasteiger partial charge on any atom is -0.543 e. The lowest BCUT2D eigenvalue weighted by Gasteiger charge is -2.36. The van der Waals surface area contributed by atoms with Crippen LogP contribution in [0.3, 0.4) is 0 Å². The minimum atomic E-state index is -1.75. The Morgan fingerprint density at radius 2 is 1.82 bits per heavy atom. The lowest BCUT2D eigenvalue weighted by atomic mass is 10.2. The Labute approximate surface area is 119 Å². The van der Waals surface area contributed by atoms with Crippen LogP contribution < -0.4 is 4.43 Å². The van der Waals surface area contributed by atoms with Crippen LogP contribution in [0.5, 0.6) is 5.75 Å². The zero-order valence-corrected chi connectivity index (χ0v) is 14.8. The number of hydrogen-bond acceptors (Lipinski definition) is 2. The molecule has 0 saturated heterocycles. The van der Waals surface area contributed by atoms with Crippen molar-refractivity contribution in [3.8, 4) is 5.75 Å². The Morgan fingerprint density at radius 3 is 2.29 bits per heavy atom. The molecule has 0 heterocycles. The van der Waals surface area contributed by atoms with Crippen molar-refractivity contribution in [3.63, 3.8) is 0 Å². The number of thioether (sulfide) groups is 1. The molecule has 0 spiro atoms. The van der Waals surface area contributed by atoms with Crippen molar-refractivity contribution in [1.82, 2.24) is 0 Å². The van der Waals surface area contributed by atoms with E-state index in [0.717, 1.165) is 10.2 Å². The van der Waals surface area contributed by atoms with Gasteiger partial charge >= 0.3 is 0 Å². The summed E-state index contributed by atoms with van der Waals surface area (Å²) in [7, 11) is -1.75. The average Bonchev–Trinajstić information content (AvgIpc) is 2.19. The van der Waals surface area contributed by atoms with Crippen molar-refractivity contribution < 1.29 is 4.43 Å². The quantitative estimate of drug-likeness (QED) is 0.529. The smallest absolute Gasteiger partial charge is 0.250 e. The maximum atomic E-state index is 6.32. The molecule has 0 N–H and O–H groups in total. The number of benzene rings is 1. The largest absolute Gasteiger partial charge is 0.543 e. The molecule has 0 unspecified atom stereocenters. The second-order valence-electron chi connectivity index (χ2n) is 5.66. The van der Waals surface area contributed by atoms with E-state index in [9.17, 15) is 0 Å². The highest BCUT2D eigenvalue weighted by Gasteiger charge is 2.39. The molecule has 0 aliphatic rings. The van der Waals surface area contributed by atoms with Crippen LogP contribution >= 0.6 is 27.7 Å². The van der Waals surface area contributed by atoms with E-state index in [2.05, 4.69) is 74.3 Å². The van der Waals surface area contributed by atoms with Crippen LogP contribution in [-0.4, -0.2) is 14.6 Å². The molecule has 0 aliphatic heterocycles. The summed E-state index contributed by atoms with van der Waals surface area (Å²) < 4.78 is 7.36. The number of hydrogen-bond donors (Lipinski definition) is 0. The van der Waals surface area contributed by atoms with E-state index in [1.165, 1.54) is 4.90 Å². The van der Waals surface area contributed by atoms with Gasteiger partial charge < -0.3 is 4.43 Å². The molecular formula is C13H21BrOSSi. The Morgan fingerprint density at radius 1 is 1.24 bits per heavy atom. The molecule has 0 bridgehead atoms. The van der Waals surface area contributed by atoms with E-state index < -0.39 is 8.32 Å². The fraction of sp³-hybridized carbons (Fsp3) is 0.538. The van der Waals surface area contributed by atoms with Crippen LogP contribution in [-0.2, 0) is 0 Å². The first-order chi connectivity index (χ1) is 7.67. The maximum Gasteiger partial charge on any atom is 0.250 e. The van der Waals surface area contributed by atoms with Gasteiger partial charge in [-0.2, -0.15) is 0 Å². The van der Waals surface area contributed by atoms with Crippen LogP contribution in [0.15, 0.2) is 27.6 Å². The van der Waals surface area contributed by atoms with Gasteiger partial charge in [-0.05, 0) is 58.5 Å². The molecule has 1 aromatic rings. The Kier molecular flexibility index (Phi) is 4.78. The van der Waals surface area contributed by atoms with E-state index in [0.29, 0.717) is 0 Å². The zero-order valence-electron chi connectivity index (χ0n) is 11.4. The highest BCUT2D eigenvalue weighted by Crippen LogP contribution is 2.40. The third-order valence-corrected chi connectivity index (χ3v) is 9.03. The molecule has 0 fully saturated rings. The second-order valence-corrected chi connectivity index (χ2v) is 12.1. The zero-order chi connectivity index (χ0) is 13.3. The molecule has 0 aliphatic carbocycles. The normalized spacial score (nSPS) is 12.6. The molecule has 17 heavy (non-hydrogen) atoms. The molecule has 4 heteroatoms. The molecule has 1 rings (SSSR count). The summed E-state index contributed by atoms with van der Waals surface area (Å²) in [5, 5.41) is 0.224. The van der Waals surface area contributed by atoms with Gasteiger partial charge in [-0.3, -0.25) is 0 Å². The first-order valence-electron chi connectivity index (χ1n) is 5.70. The molecule has 1 nitrogen and oxygen atoms in total. The van der Waals surface area contributed by atoms with Gasteiger partial charge in [0.2, 0.25) is 0 Å². The van der Waals surface area contributed by atoms with Crippen LogP contribution in [0.4, 0.5) is 0 Å². The van der Waals surface area contributed by atoms with Gasteiger partial charge in [-0.15, -0.1) is 11.8 Å². The van der Waals surface area contributed by atoms with E-state index in [1.54, 1.807) is 11.8 Å². The summed E-state index contributed by atoms with van der Waals surface area (Å²) >= 11 is 5.31. The van der Waals surface area contributed by atoms with Crippen molar-refractivity contribution in [2.45, 2.75) is 43.8 Å². The lowest BCUT2D eigenvalue weighted by Crippen LogP contribution is -2.43. The molecule has 0 atom stereocenters. The molecule has 1 aromatic carbocycles. The second kappa shape index (κ2) is 5.37. The average molecular weight is 333 g/mol. The Hall–Kier alpha value is 0.0669. The van der Waals surface area contributed by atoms with Gasteiger partial charge in [0, 0.05) is 4.90 Å². The summed E-state index contributed by atoms with van der Waals surface area (Å²) in [4.78, 5) is 1.24. The molecule has 96 valence electrons. The van der Waals surface area contributed by atoms with Gasteiger partial charge in [0.1, 0.15) is 5.75 Å². The maximum absolute atomic E-state index is 6.32. The minimum absolute atomic E-state index is 0.224. The molecule has 0 amide bonds. The monoisotopic (exact) mass is 332 g/mol. The van der Waals surface area contributed by atoms with Crippen molar-refractivity contribution in [3.05, 3.63) is 22.7 Å². The van der Waals surface area contributed by atoms with Gasteiger partial charge in [0.05, 0.1) is 4.47 Å². The molecule has 0 radical (unpaired) electrons. The SMILES string of the molecule is CSc1ccc(Br)c(O[Si](C)(C)C(C)(C)C)c1. The van der Waals surface area contributed by atoms with E-state index in [1.807, 2.05) is 0 Å². The van der Waals surface area contributed by atoms with Crippen molar-refractivity contribution in [1.29, 1.82) is 0 Å². The third-order valence-electron chi connectivity index (χ3n) is 3.31. The van der Waals surface area contributed by atoms with Gasteiger partial charge in [0.25, 0.3) is 8.32 Å². The van der Waals surface area contributed by atoms with Crippen molar-refractivity contribution >= 4 is 36.0 Å². The first kappa shape index (κ1) is 15.1. The van der Waals surface area contributed by atoms with Crippen LogP contribution in [0.2, 0.25) is 18.1 Å². The summed E-state index contributed by atoms with van der Waals surface area (Å²) in [5.41, 5.74) is 0. The van der Waals surface area contributed by atoms with Crippen LogP contribution in [0, 0.1) is 0 Å². The highest BCUT2D eigenvalue weighted by atomic mass is 79.9. The summed E-state index contributed by atoms with van der Waals surface area (Å²) in [6.45, 7) is 11.3. The summed E-state index contributed by atoms with van der Waals surface area (Å²) in [6.07, 6.45) is 2.08. The fourth-order valence-corrected chi connectivity index (χ4v) is 3.05. The predicted molar refractivity (Wildman–Crippen MR) is 83.7 cm³/mol. The third kappa shape index (κ3) is 3.76.